The van der Waals surface area contributed by atoms with Gasteiger partial charge < -0.3 is 14.5 Å². The Labute approximate surface area is 151 Å². The Morgan fingerprint density at radius 2 is 2.04 bits per heavy atom. The van der Waals surface area contributed by atoms with Crippen LogP contribution in [0.2, 0.25) is 0 Å². The molecule has 0 unspecified atom stereocenters. The summed E-state index contributed by atoms with van der Waals surface area (Å²) in [6.45, 7) is 0.745. The smallest absolute Gasteiger partial charge is 0.261 e. The van der Waals surface area contributed by atoms with E-state index in [2.05, 4.69) is 14.7 Å². The van der Waals surface area contributed by atoms with Crippen molar-refractivity contribution in [3.63, 3.8) is 0 Å². The first-order valence-electron chi connectivity index (χ1n) is 8.33. The van der Waals surface area contributed by atoms with Crippen LogP contribution in [-0.4, -0.2) is 32.1 Å². The molecule has 1 atom stereocenters. The number of methoxy groups -OCH3 is 1. The van der Waals surface area contributed by atoms with Crippen molar-refractivity contribution in [2.24, 2.45) is 0 Å². The number of benzene rings is 2. The van der Waals surface area contributed by atoms with Crippen LogP contribution in [0.15, 0.2) is 47.4 Å². The second kappa shape index (κ2) is 6.62. The fourth-order valence-corrected chi connectivity index (χ4v) is 4.06. The van der Waals surface area contributed by atoms with Crippen LogP contribution in [0.1, 0.15) is 24.8 Å². The van der Waals surface area contributed by atoms with Gasteiger partial charge in [-0.25, -0.2) is 13.4 Å². The van der Waals surface area contributed by atoms with E-state index in [1.165, 1.54) is 19.2 Å². The number of hydrogen-bond acceptors (Lipinski definition) is 5. The summed E-state index contributed by atoms with van der Waals surface area (Å²) in [5, 5.41) is 0. The van der Waals surface area contributed by atoms with Crippen molar-refractivity contribution in [2.75, 3.05) is 18.4 Å². The van der Waals surface area contributed by atoms with Gasteiger partial charge in [-0.05, 0) is 55.3 Å². The van der Waals surface area contributed by atoms with E-state index in [4.69, 9.17) is 9.47 Å². The Balaban J connectivity index is 1.59. The monoisotopic (exact) mass is 373 g/mol. The van der Waals surface area contributed by atoms with Gasteiger partial charge in [0.15, 0.2) is 0 Å². The molecule has 0 amide bonds. The average molecular weight is 373 g/mol. The number of imidazole rings is 1. The Bertz CT molecular complexity index is 1020. The summed E-state index contributed by atoms with van der Waals surface area (Å²) in [6, 6.07) is 11.5. The average Bonchev–Trinajstić information content (AvgIpc) is 3.30. The van der Waals surface area contributed by atoms with Crippen LogP contribution in [0, 0.1) is 0 Å². The van der Waals surface area contributed by atoms with Gasteiger partial charge in [-0.3, -0.25) is 4.72 Å². The summed E-state index contributed by atoms with van der Waals surface area (Å²) < 4.78 is 38.4. The van der Waals surface area contributed by atoms with Gasteiger partial charge in [0, 0.05) is 6.61 Å². The maximum Gasteiger partial charge on any atom is 0.261 e. The molecular weight excluding hydrogens is 354 g/mol. The summed E-state index contributed by atoms with van der Waals surface area (Å²) in [5.41, 5.74) is 2.02. The molecule has 0 saturated carbocycles. The number of H-pyrrole nitrogens is 1. The predicted octanol–water partition coefficient (Wildman–Crippen LogP) is 3.22. The van der Waals surface area contributed by atoms with Crippen LogP contribution in [-0.2, 0) is 14.8 Å². The lowest BCUT2D eigenvalue weighted by atomic mass is 10.2. The van der Waals surface area contributed by atoms with Crippen molar-refractivity contribution in [2.45, 2.75) is 23.8 Å². The number of aromatic amines is 1. The molecule has 1 aliphatic rings. The summed E-state index contributed by atoms with van der Waals surface area (Å²) >= 11 is 0. The van der Waals surface area contributed by atoms with Gasteiger partial charge >= 0.3 is 0 Å². The van der Waals surface area contributed by atoms with E-state index in [0.717, 1.165) is 36.3 Å². The molecule has 3 aromatic rings. The zero-order valence-corrected chi connectivity index (χ0v) is 15.0. The molecule has 0 aliphatic carbocycles. The van der Waals surface area contributed by atoms with E-state index in [1.807, 2.05) is 0 Å². The number of rotatable bonds is 5. The molecule has 1 aromatic heterocycles. The van der Waals surface area contributed by atoms with Crippen molar-refractivity contribution >= 4 is 26.7 Å². The lowest BCUT2D eigenvalue weighted by Crippen LogP contribution is -2.12. The van der Waals surface area contributed by atoms with Gasteiger partial charge in [-0.1, -0.05) is 0 Å². The van der Waals surface area contributed by atoms with E-state index < -0.39 is 10.0 Å². The van der Waals surface area contributed by atoms with Crippen molar-refractivity contribution in [1.29, 1.82) is 0 Å². The molecule has 0 bridgehead atoms. The molecule has 1 fully saturated rings. The van der Waals surface area contributed by atoms with Crippen LogP contribution in [0.3, 0.4) is 0 Å². The third-order valence-electron chi connectivity index (χ3n) is 4.36. The SMILES string of the molecule is COc1ccc(S(=O)(=O)Nc2ccc3nc([C@H]4CCCO4)[nH]c3c2)cc1. The quantitative estimate of drug-likeness (QED) is 0.716. The second-order valence-electron chi connectivity index (χ2n) is 6.14. The Morgan fingerprint density at radius 3 is 2.73 bits per heavy atom. The molecule has 4 rings (SSSR count). The Morgan fingerprint density at radius 1 is 1.23 bits per heavy atom. The largest absolute Gasteiger partial charge is 0.497 e. The third-order valence-corrected chi connectivity index (χ3v) is 5.75. The third kappa shape index (κ3) is 3.25. The number of hydrogen-bond donors (Lipinski definition) is 2. The molecule has 2 heterocycles. The van der Waals surface area contributed by atoms with Gasteiger partial charge in [0.25, 0.3) is 10.0 Å². The van der Waals surface area contributed by atoms with E-state index in [9.17, 15) is 8.42 Å². The highest BCUT2D eigenvalue weighted by Crippen LogP contribution is 2.29. The predicted molar refractivity (Wildman–Crippen MR) is 97.8 cm³/mol. The molecule has 2 aromatic carbocycles. The molecular formula is C18H19N3O4S. The summed E-state index contributed by atoms with van der Waals surface area (Å²) in [7, 11) is -2.15. The molecule has 136 valence electrons. The molecule has 0 radical (unpaired) electrons. The van der Waals surface area contributed by atoms with Crippen molar-refractivity contribution in [3.8, 4) is 5.75 Å². The first-order valence-corrected chi connectivity index (χ1v) is 9.82. The standard InChI is InChI=1S/C18H19N3O4S/c1-24-13-5-7-14(8-6-13)26(22,23)21-12-4-9-15-16(11-12)20-18(19-15)17-3-2-10-25-17/h4-9,11,17,21H,2-3,10H2,1H3,(H,19,20)/t17-/m1/s1. The van der Waals surface area contributed by atoms with Crippen LogP contribution in [0.4, 0.5) is 5.69 Å². The lowest BCUT2D eigenvalue weighted by molar-refractivity contribution is 0.106. The molecule has 1 aliphatic heterocycles. The minimum Gasteiger partial charge on any atom is -0.497 e. The van der Waals surface area contributed by atoms with Gasteiger partial charge in [0.05, 0.1) is 28.7 Å². The van der Waals surface area contributed by atoms with Crippen molar-refractivity contribution in [1.82, 2.24) is 9.97 Å². The van der Waals surface area contributed by atoms with E-state index in [1.54, 1.807) is 30.3 Å². The van der Waals surface area contributed by atoms with Crippen LogP contribution in [0.25, 0.3) is 11.0 Å². The van der Waals surface area contributed by atoms with Crippen LogP contribution < -0.4 is 9.46 Å². The second-order valence-corrected chi connectivity index (χ2v) is 7.82. The fourth-order valence-electron chi connectivity index (χ4n) is 3.01. The van der Waals surface area contributed by atoms with Crippen molar-refractivity contribution < 1.29 is 17.9 Å². The first-order chi connectivity index (χ1) is 12.5. The van der Waals surface area contributed by atoms with Gasteiger partial charge in [-0.2, -0.15) is 0 Å². The number of fused-ring (bicyclic) bond motifs is 1. The van der Waals surface area contributed by atoms with E-state index >= 15 is 0 Å². The Kier molecular flexibility index (Phi) is 4.29. The Hall–Kier alpha value is -2.58. The maximum atomic E-state index is 12.6. The highest BCUT2D eigenvalue weighted by Gasteiger charge is 2.21. The number of nitrogens with one attached hydrogen (secondary N) is 2. The van der Waals surface area contributed by atoms with Gasteiger partial charge in [0.1, 0.15) is 17.7 Å². The zero-order chi connectivity index (χ0) is 18.1. The minimum atomic E-state index is -3.68. The van der Waals surface area contributed by atoms with Gasteiger partial charge in [0.2, 0.25) is 0 Å². The zero-order valence-electron chi connectivity index (χ0n) is 14.2. The number of sulfonamides is 1. The first kappa shape index (κ1) is 16.9. The number of aromatic nitrogens is 2. The summed E-state index contributed by atoms with van der Waals surface area (Å²) in [6.07, 6.45) is 1.95. The molecule has 8 heteroatoms. The summed E-state index contributed by atoms with van der Waals surface area (Å²) in [4.78, 5) is 7.94. The normalized spacial score (nSPS) is 17.5. The lowest BCUT2D eigenvalue weighted by Gasteiger charge is -2.08. The molecule has 0 spiro atoms. The van der Waals surface area contributed by atoms with Crippen LogP contribution in [0.5, 0.6) is 5.75 Å². The number of ether oxygens (including phenoxy) is 2. The van der Waals surface area contributed by atoms with Crippen molar-refractivity contribution in [3.05, 3.63) is 48.3 Å². The number of nitrogens with zero attached hydrogens (tertiary/aromatic N) is 1. The molecule has 26 heavy (non-hydrogen) atoms. The van der Waals surface area contributed by atoms with E-state index in [0.29, 0.717) is 11.4 Å². The molecule has 1 saturated heterocycles. The van der Waals surface area contributed by atoms with Gasteiger partial charge in [-0.15, -0.1) is 0 Å². The molecule has 2 N–H and O–H groups in total. The topological polar surface area (TPSA) is 93.3 Å². The number of anilines is 1. The maximum absolute atomic E-state index is 12.6. The summed E-state index contributed by atoms with van der Waals surface area (Å²) in [5.74, 6) is 1.39. The van der Waals surface area contributed by atoms with E-state index in [-0.39, 0.29) is 11.0 Å². The highest BCUT2D eigenvalue weighted by molar-refractivity contribution is 7.92. The van der Waals surface area contributed by atoms with Crippen LogP contribution >= 0.6 is 0 Å². The minimum absolute atomic E-state index is 0.0122. The molecule has 7 nitrogen and oxygen atoms in total. The highest BCUT2D eigenvalue weighted by atomic mass is 32.2. The fraction of sp³-hybridized carbons (Fsp3) is 0.278.